The van der Waals surface area contributed by atoms with E-state index in [1.807, 2.05) is 0 Å². The van der Waals surface area contributed by atoms with Crippen molar-refractivity contribution in [1.82, 2.24) is 14.2 Å². The summed E-state index contributed by atoms with van der Waals surface area (Å²) in [7, 11) is -3.83. The second kappa shape index (κ2) is 8.93. The molecule has 4 rings (SSSR count). The van der Waals surface area contributed by atoms with Crippen LogP contribution < -0.4 is 4.74 Å². The lowest BCUT2D eigenvalue weighted by Crippen LogP contribution is -2.39. The van der Waals surface area contributed by atoms with E-state index in [4.69, 9.17) is 0 Å². The predicted molar refractivity (Wildman–Crippen MR) is 110 cm³/mol. The smallest absolute Gasteiger partial charge is 0.387 e. The number of hydrogen-bond acceptors (Lipinski definition) is 6. The maximum atomic E-state index is 12.9. The number of sulfonamides is 1. The fourth-order valence-electron chi connectivity index (χ4n) is 3.91. The second-order valence-electron chi connectivity index (χ2n) is 7.51. The van der Waals surface area contributed by atoms with E-state index < -0.39 is 22.6 Å². The highest BCUT2D eigenvalue weighted by Crippen LogP contribution is 2.32. The van der Waals surface area contributed by atoms with Gasteiger partial charge in [-0.15, -0.1) is 0 Å². The van der Waals surface area contributed by atoms with E-state index in [0.717, 1.165) is 11.1 Å². The Kier molecular flexibility index (Phi) is 6.22. The van der Waals surface area contributed by atoms with Crippen LogP contribution in [0.15, 0.2) is 64.7 Å². The summed E-state index contributed by atoms with van der Waals surface area (Å²) < 4.78 is 56.0. The van der Waals surface area contributed by atoms with Crippen LogP contribution in [-0.4, -0.2) is 73.0 Å². The van der Waals surface area contributed by atoms with E-state index in [0.29, 0.717) is 5.69 Å². The Hall–Kier alpha value is -2.89. The van der Waals surface area contributed by atoms with Crippen molar-refractivity contribution in [1.29, 1.82) is 0 Å². The molecule has 8 nitrogen and oxygen atoms in total. The number of benzene rings is 1. The number of alkyl halides is 2. The minimum Gasteiger partial charge on any atom is -0.435 e. The molecule has 0 unspecified atom stereocenters. The third-order valence-corrected chi connectivity index (χ3v) is 7.33. The number of ether oxygens (including phenoxy) is 1. The number of pyridine rings is 1. The van der Waals surface area contributed by atoms with E-state index in [2.05, 4.69) is 9.72 Å². The first-order valence-corrected chi connectivity index (χ1v) is 11.3. The topological polar surface area (TPSA) is 100 Å². The van der Waals surface area contributed by atoms with Gasteiger partial charge in [0.15, 0.2) is 0 Å². The molecule has 1 N–H and O–H groups in total. The van der Waals surface area contributed by atoms with Crippen molar-refractivity contribution in [2.45, 2.75) is 17.4 Å². The number of carbonyl (C=O) groups is 1. The number of aromatic nitrogens is 1. The maximum absolute atomic E-state index is 12.9. The molecule has 0 spiro atoms. The third kappa shape index (κ3) is 4.36. The quantitative estimate of drug-likeness (QED) is 0.624. The Labute approximate surface area is 183 Å². The molecule has 11 heteroatoms. The summed E-state index contributed by atoms with van der Waals surface area (Å²) in [5.74, 6) is -1.16. The van der Waals surface area contributed by atoms with Gasteiger partial charge in [0, 0.05) is 32.4 Å². The fourth-order valence-corrected chi connectivity index (χ4v) is 5.34. The molecule has 2 aliphatic heterocycles. The van der Waals surface area contributed by atoms with Crippen molar-refractivity contribution in [3.8, 4) is 5.75 Å². The lowest BCUT2D eigenvalue weighted by atomic mass is 10.0. The standard InChI is InChI=1S/C21H21F2N3O5S/c22-21(23)31-16-4-6-17(7-5-16)32(29,30)26-11-14-9-25(10-15(14)12-26)20(28)18(13-27)19-3-1-2-8-24-19/h1-8,18,21,27H,9-13H2/t18-/m0/s1. The molecule has 32 heavy (non-hydrogen) atoms. The monoisotopic (exact) mass is 465 g/mol. The van der Waals surface area contributed by atoms with E-state index >= 15 is 0 Å². The lowest BCUT2D eigenvalue weighted by molar-refractivity contribution is -0.132. The van der Waals surface area contributed by atoms with Crippen LogP contribution in [0.2, 0.25) is 0 Å². The summed E-state index contributed by atoms with van der Waals surface area (Å²) in [4.78, 5) is 18.6. The molecule has 0 aliphatic carbocycles. The number of aliphatic hydroxyl groups is 1. The lowest BCUT2D eigenvalue weighted by Gasteiger charge is -2.25. The molecular formula is C21H21F2N3O5S. The first-order valence-electron chi connectivity index (χ1n) is 9.85. The molecule has 170 valence electrons. The molecule has 1 aromatic carbocycles. The van der Waals surface area contributed by atoms with Crippen LogP contribution in [0, 0.1) is 0 Å². The fraction of sp³-hybridized carbons (Fsp3) is 0.333. The molecule has 0 fully saturated rings. The highest BCUT2D eigenvalue weighted by Gasteiger charge is 2.39. The van der Waals surface area contributed by atoms with Crippen LogP contribution in [-0.2, 0) is 14.8 Å². The summed E-state index contributed by atoms with van der Waals surface area (Å²) in [6.45, 7) is -2.51. The zero-order valence-corrected chi connectivity index (χ0v) is 17.7. The number of halogens is 2. The number of nitrogens with zero attached hydrogens (tertiary/aromatic N) is 3. The molecule has 0 radical (unpaired) electrons. The number of amides is 1. The summed E-state index contributed by atoms with van der Waals surface area (Å²) in [6, 6.07) is 9.97. The van der Waals surface area contributed by atoms with Crippen LogP contribution in [0.4, 0.5) is 8.78 Å². The van der Waals surface area contributed by atoms with E-state index in [-0.39, 0.29) is 49.3 Å². The van der Waals surface area contributed by atoms with Crippen molar-refractivity contribution >= 4 is 15.9 Å². The average Bonchev–Trinajstić information content (AvgIpc) is 3.35. The summed E-state index contributed by atoms with van der Waals surface area (Å²) in [5.41, 5.74) is 2.17. The van der Waals surface area contributed by atoms with Crippen molar-refractivity contribution in [2.75, 3.05) is 32.8 Å². The summed E-state index contributed by atoms with van der Waals surface area (Å²) >= 11 is 0. The van der Waals surface area contributed by atoms with Crippen molar-refractivity contribution in [3.63, 3.8) is 0 Å². The highest BCUT2D eigenvalue weighted by atomic mass is 32.2. The molecule has 3 heterocycles. The normalized spacial score (nSPS) is 17.7. The number of hydrogen-bond donors (Lipinski definition) is 1. The minimum absolute atomic E-state index is 0.0243. The molecular weight excluding hydrogens is 444 g/mol. The largest absolute Gasteiger partial charge is 0.435 e. The van der Waals surface area contributed by atoms with Gasteiger partial charge < -0.3 is 14.7 Å². The van der Waals surface area contributed by atoms with Crippen molar-refractivity contribution < 1.29 is 31.8 Å². The molecule has 1 aromatic heterocycles. The van der Waals surface area contributed by atoms with Gasteiger partial charge in [0.25, 0.3) is 0 Å². The van der Waals surface area contributed by atoms with Gasteiger partial charge in [0.2, 0.25) is 15.9 Å². The zero-order chi connectivity index (χ0) is 22.9. The molecule has 2 aliphatic rings. The second-order valence-corrected chi connectivity index (χ2v) is 9.45. The molecule has 1 atom stereocenters. The Morgan fingerprint density at radius 2 is 1.72 bits per heavy atom. The van der Waals surface area contributed by atoms with Crippen LogP contribution in [0.3, 0.4) is 0 Å². The Morgan fingerprint density at radius 3 is 2.25 bits per heavy atom. The van der Waals surface area contributed by atoms with Gasteiger partial charge >= 0.3 is 6.61 Å². The predicted octanol–water partition coefficient (Wildman–Crippen LogP) is 1.60. The first kappa shape index (κ1) is 22.3. The highest BCUT2D eigenvalue weighted by molar-refractivity contribution is 7.89. The van der Waals surface area contributed by atoms with Crippen LogP contribution in [0.5, 0.6) is 5.75 Å². The number of rotatable bonds is 7. The van der Waals surface area contributed by atoms with Crippen molar-refractivity contribution in [3.05, 3.63) is 65.5 Å². The number of aliphatic hydroxyl groups excluding tert-OH is 1. The first-order chi connectivity index (χ1) is 15.3. The Morgan fingerprint density at radius 1 is 1.06 bits per heavy atom. The van der Waals surface area contributed by atoms with E-state index in [1.54, 1.807) is 29.3 Å². The van der Waals surface area contributed by atoms with Gasteiger partial charge in [-0.1, -0.05) is 6.07 Å². The zero-order valence-electron chi connectivity index (χ0n) is 16.9. The molecule has 0 saturated carbocycles. The van der Waals surface area contributed by atoms with Gasteiger partial charge in [-0.25, -0.2) is 8.42 Å². The summed E-state index contributed by atoms with van der Waals surface area (Å²) in [5, 5.41) is 9.72. The summed E-state index contributed by atoms with van der Waals surface area (Å²) in [6.07, 6.45) is 1.56. The van der Waals surface area contributed by atoms with Crippen molar-refractivity contribution in [2.24, 2.45) is 0 Å². The molecule has 0 bridgehead atoms. The maximum Gasteiger partial charge on any atom is 0.387 e. The minimum atomic E-state index is -3.83. The van der Waals surface area contributed by atoms with Crippen LogP contribution >= 0.6 is 0 Å². The van der Waals surface area contributed by atoms with Gasteiger partial charge in [0.1, 0.15) is 11.7 Å². The van der Waals surface area contributed by atoms with E-state index in [1.165, 1.54) is 28.6 Å². The van der Waals surface area contributed by atoms with Gasteiger partial charge in [0.05, 0.1) is 17.2 Å². The molecule has 2 aromatic rings. The Bertz CT molecular complexity index is 1110. The van der Waals surface area contributed by atoms with Gasteiger partial charge in [-0.05, 0) is 47.5 Å². The third-order valence-electron chi connectivity index (χ3n) is 5.52. The van der Waals surface area contributed by atoms with Crippen LogP contribution in [0.25, 0.3) is 0 Å². The van der Waals surface area contributed by atoms with Gasteiger partial charge in [-0.3, -0.25) is 9.78 Å². The van der Waals surface area contributed by atoms with Gasteiger partial charge in [-0.2, -0.15) is 13.1 Å². The Balaban J connectivity index is 1.40. The SMILES string of the molecule is O=C([C@@H](CO)c1ccccn1)N1CC2=C(C1)CN(S(=O)(=O)c1ccc(OC(F)F)cc1)C2. The molecule has 1 amide bonds. The average molecular weight is 465 g/mol. The van der Waals surface area contributed by atoms with Crippen LogP contribution in [0.1, 0.15) is 11.6 Å². The van der Waals surface area contributed by atoms with E-state index in [9.17, 15) is 27.1 Å². The number of carbonyl (C=O) groups excluding carboxylic acids is 1. The molecule has 0 saturated heterocycles.